The first-order chi connectivity index (χ1) is 10.1. The standard InChI is InChI=1S/C14H11F4NO2S/c1-12(20)11-8(6-19)9(21-7-4-13(15,16)5-7)2-3-10(11)22-14(12,17)18/h2-3,7,20H,4-5H2,1H3. The summed E-state index contributed by atoms with van der Waals surface area (Å²) >= 11 is 0.167. The van der Waals surface area contributed by atoms with Gasteiger partial charge in [0, 0.05) is 23.3 Å². The van der Waals surface area contributed by atoms with Gasteiger partial charge in [0.25, 0.3) is 5.92 Å². The molecule has 22 heavy (non-hydrogen) atoms. The Hall–Kier alpha value is -1.46. The van der Waals surface area contributed by atoms with E-state index in [1.807, 2.05) is 0 Å². The predicted octanol–water partition coefficient (Wildman–Crippen LogP) is 3.64. The third-order valence-electron chi connectivity index (χ3n) is 3.88. The molecule has 1 N–H and O–H groups in total. The molecule has 1 saturated carbocycles. The number of nitriles is 1. The van der Waals surface area contributed by atoms with E-state index in [0.717, 1.165) is 6.92 Å². The van der Waals surface area contributed by atoms with Crippen molar-refractivity contribution in [2.24, 2.45) is 0 Å². The van der Waals surface area contributed by atoms with Crippen LogP contribution in [0.1, 0.15) is 30.9 Å². The van der Waals surface area contributed by atoms with Crippen molar-refractivity contribution >= 4 is 11.8 Å². The zero-order valence-electron chi connectivity index (χ0n) is 11.4. The van der Waals surface area contributed by atoms with Gasteiger partial charge in [-0.1, -0.05) is 0 Å². The third-order valence-corrected chi connectivity index (χ3v) is 5.09. The minimum Gasteiger partial charge on any atom is -0.489 e. The lowest BCUT2D eigenvalue weighted by molar-refractivity contribution is -0.134. The summed E-state index contributed by atoms with van der Waals surface area (Å²) in [6.07, 6.45) is -1.72. The normalized spacial score (nSPS) is 28.6. The van der Waals surface area contributed by atoms with E-state index in [0.29, 0.717) is 0 Å². The molecule has 2 aliphatic rings. The van der Waals surface area contributed by atoms with Crippen LogP contribution in [0.15, 0.2) is 17.0 Å². The summed E-state index contributed by atoms with van der Waals surface area (Å²) in [5.74, 6) is -2.84. The lowest BCUT2D eigenvalue weighted by Crippen LogP contribution is -2.43. The van der Waals surface area contributed by atoms with Crippen LogP contribution < -0.4 is 4.74 Å². The number of ether oxygens (including phenoxy) is 1. The molecule has 1 atom stereocenters. The molecule has 0 amide bonds. The van der Waals surface area contributed by atoms with Crippen LogP contribution in [0.5, 0.6) is 5.75 Å². The van der Waals surface area contributed by atoms with Gasteiger partial charge in [0.05, 0.1) is 0 Å². The highest BCUT2D eigenvalue weighted by Crippen LogP contribution is 2.59. The molecule has 1 aromatic rings. The maximum atomic E-state index is 13.9. The van der Waals surface area contributed by atoms with Gasteiger partial charge in [-0.3, -0.25) is 0 Å². The van der Waals surface area contributed by atoms with E-state index in [9.17, 15) is 27.9 Å². The molecule has 3 nitrogen and oxygen atoms in total. The number of rotatable bonds is 2. The van der Waals surface area contributed by atoms with Gasteiger partial charge in [-0.25, -0.2) is 8.78 Å². The fraction of sp³-hybridized carbons (Fsp3) is 0.500. The molecule has 1 aliphatic carbocycles. The van der Waals surface area contributed by atoms with Gasteiger partial charge < -0.3 is 9.84 Å². The minimum absolute atomic E-state index is 0.0553. The van der Waals surface area contributed by atoms with E-state index < -0.39 is 35.7 Å². The maximum Gasteiger partial charge on any atom is 0.330 e. The molecule has 0 spiro atoms. The Balaban J connectivity index is 1.98. The van der Waals surface area contributed by atoms with E-state index in [1.54, 1.807) is 6.07 Å². The molecule has 1 fully saturated rings. The van der Waals surface area contributed by atoms with Crippen LogP contribution in [0.25, 0.3) is 0 Å². The SMILES string of the molecule is CC1(O)c2c(ccc(OC3CC(F)(F)C3)c2C#N)SC1(F)F. The van der Waals surface area contributed by atoms with E-state index in [4.69, 9.17) is 4.74 Å². The predicted molar refractivity (Wildman–Crippen MR) is 70.1 cm³/mol. The molecular formula is C14H11F4NO2S. The molecule has 1 aromatic carbocycles. The largest absolute Gasteiger partial charge is 0.489 e. The average molecular weight is 333 g/mol. The van der Waals surface area contributed by atoms with Crippen molar-refractivity contribution in [1.82, 2.24) is 0 Å². The fourth-order valence-electron chi connectivity index (χ4n) is 2.59. The van der Waals surface area contributed by atoms with Crippen LogP contribution >= 0.6 is 11.8 Å². The van der Waals surface area contributed by atoms with Crippen molar-refractivity contribution in [3.63, 3.8) is 0 Å². The first kappa shape index (κ1) is 15.4. The second-order valence-electron chi connectivity index (χ2n) is 5.62. The van der Waals surface area contributed by atoms with Gasteiger partial charge >= 0.3 is 5.25 Å². The highest BCUT2D eigenvalue weighted by atomic mass is 32.2. The summed E-state index contributed by atoms with van der Waals surface area (Å²) < 4.78 is 58.7. The van der Waals surface area contributed by atoms with Gasteiger partial charge in [0.15, 0.2) is 5.60 Å². The Morgan fingerprint density at radius 3 is 2.50 bits per heavy atom. The topological polar surface area (TPSA) is 53.2 Å². The second-order valence-corrected chi connectivity index (χ2v) is 6.78. The van der Waals surface area contributed by atoms with Gasteiger partial charge in [0.1, 0.15) is 23.5 Å². The lowest BCUT2D eigenvalue weighted by Gasteiger charge is -2.35. The van der Waals surface area contributed by atoms with E-state index in [2.05, 4.69) is 0 Å². The Kier molecular flexibility index (Phi) is 3.17. The number of aliphatic hydroxyl groups is 1. The molecule has 8 heteroatoms. The number of hydrogen-bond acceptors (Lipinski definition) is 4. The van der Waals surface area contributed by atoms with Crippen LogP contribution in [0.4, 0.5) is 17.6 Å². The minimum atomic E-state index is -3.48. The summed E-state index contributed by atoms with van der Waals surface area (Å²) in [6, 6.07) is 4.36. The van der Waals surface area contributed by atoms with E-state index >= 15 is 0 Å². The number of benzene rings is 1. The molecule has 1 heterocycles. The molecule has 0 aromatic heterocycles. The molecule has 0 bridgehead atoms. The smallest absolute Gasteiger partial charge is 0.330 e. The molecule has 0 radical (unpaired) electrons. The number of fused-ring (bicyclic) bond motifs is 1. The summed E-state index contributed by atoms with van der Waals surface area (Å²) in [7, 11) is 0. The Labute approximate surface area is 127 Å². The number of thioether (sulfide) groups is 1. The number of hydrogen-bond donors (Lipinski definition) is 1. The van der Waals surface area contributed by atoms with Gasteiger partial charge in [-0.2, -0.15) is 14.0 Å². The number of alkyl halides is 4. The maximum absolute atomic E-state index is 13.9. The quantitative estimate of drug-likeness (QED) is 0.840. The van der Waals surface area contributed by atoms with Crippen molar-refractivity contribution in [2.75, 3.05) is 0 Å². The highest BCUT2D eigenvalue weighted by Gasteiger charge is 2.59. The Morgan fingerprint density at radius 1 is 1.32 bits per heavy atom. The van der Waals surface area contributed by atoms with Crippen LogP contribution in [-0.4, -0.2) is 22.4 Å². The van der Waals surface area contributed by atoms with Gasteiger partial charge in [-0.05, 0) is 30.8 Å². The molecule has 3 rings (SSSR count). The Bertz CT molecular complexity index is 676. The first-order valence-corrected chi connectivity index (χ1v) is 7.30. The second kappa shape index (κ2) is 4.52. The third kappa shape index (κ3) is 2.15. The van der Waals surface area contributed by atoms with Crippen LogP contribution in [0, 0.1) is 11.3 Å². The number of halogens is 4. The monoisotopic (exact) mass is 333 g/mol. The van der Waals surface area contributed by atoms with Crippen molar-refractivity contribution in [3.05, 3.63) is 23.3 Å². The zero-order chi connectivity index (χ0) is 16.3. The fourth-order valence-corrected chi connectivity index (χ4v) is 3.71. The van der Waals surface area contributed by atoms with Gasteiger partial charge in [-0.15, -0.1) is 0 Å². The first-order valence-electron chi connectivity index (χ1n) is 6.49. The Morgan fingerprint density at radius 2 is 1.95 bits per heavy atom. The van der Waals surface area contributed by atoms with Crippen molar-refractivity contribution in [1.29, 1.82) is 5.26 Å². The van der Waals surface area contributed by atoms with E-state index in [-0.39, 0.29) is 33.5 Å². The molecule has 1 unspecified atom stereocenters. The average Bonchev–Trinajstić information content (AvgIpc) is 2.54. The van der Waals surface area contributed by atoms with Crippen LogP contribution in [0.2, 0.25) is 0 Å². The van der Waals surface area contributed by atoms with Crippen molar-refractivity contribution in [2.45, 2.75) is 47.5 Å². The molecular weight excluding hydrogens is 322 g/mol. The van der Waals surface area contributed by atoms with Gasteiger partial charge in [0.2, 0.25) is 0 Å². The summed E-state index contributed by atoms with van der Waals surface area (Å²) in [6.45, 7) is 0.925. The highest BCUT2D eigenvalue weighted by molar-refractivity contribution is 8.00. The van der Waals surface area contributed by atoms with Crippen molar-refractivity contribution < 1.29 is 27.4 Å². The van der Waals surface area contributed by atoms with Crippen LogP contribution in [0.3, 0.4) is 0 Å². The van der Waals surface area contributed by atoms with Crippen molar-refractivity contribution in [3.8, 4) is 11.8 Å². The number of nitrogens with zero attached hydrogens (tertiary/aromatic N) is 1. The summed E-state index contributed by atoms with van der Waals surface area (Å²) in [5.41, 5.74) is -2.97. The molecule has 118 valence electrons. The summed E-state index contributed by atoms with van der Waals surface area (Å²) in [4.78, 5) is 0.0813. The summed E-state index contributed by atoms with van der Waals surface area (Å²) in [5, 5.41) is 15.9. The molecule has 0 saturated heterocycles. The zero-order valence-corrected chi connectivity index (χ0v) is 12.2. The molecule has 1 aliphatic heterocycles. The van der Waals surface area contributed by atoms with E-state index in [1.165, 1.54) is 12.1 Å². The van der Waals surface area contributed by atoms with Crippen LogP contribution in [-0.2, 0) is 5.60 Å². The lowest BCUT2D eigenvalue weighted by atomic mass is 9.89.